The van der Waals surface area contributed by atoms with Gasteiger partial charge in [0.1, 0.15) is 0 Å². The number of carboxylic acids is 1. The number of amides is 2. The fourth-order valence-electron chi connectivity index (χ4n) is 2.92. The molecule has 3 atom stereocenters. The van der Waals surface area contributed by atoms with E-state index < -0.39 is 23.7 Å². The molecule has 0 radical (unpaired) electrons. The molecule has 0 aliphatic heterocycles. The number of carbonyl (C=O) groups excluding carboxylic acids is 2. The highest BCUT2D eigenvalue weighted by Crippen LogP contribution is 2.39. The van der Waals surface area contributed by atoms with Gasteiger partial charge >= 0.3 is 5.97 Å². The zero-order valence-electron chi connectivity index (χ0n) is 12.3. The Hall–Kier alpha value is -1.59. The minimum Gasteiger partial charge on any atom is -0.481 e. The number of aliphatic carboxylic acids is 1. The Morgan fingerprint density at radius 1 is 1.25 bits per heavy atom. The van der Waals surface area contributed by atoms with E-state index in [9.17, 15) is 19.5 Å². The summed E-state index contributed by atoms with van der Waals surface area (Å²) in [7, 11) is 0. The number of nitrogens with two attached hydrogens (primary N) is 1. The summed E-state index contributed by atoms with van der Waals surface area (Å²) in [6, 6.07) is -0.176. The number of rotatable bonds is 6. The first-order valence-electron chi connectivity index (χ1n) is 7.09. The third-order valence-electron chi connectivity index (χ3n) is 4.10. The molecule has 6 nitrogen and oxygen atoms in total. The lowest BCUT2D eigenvalue weighted by Crippen LogP contribution is -2.47. The molecule has 1 saturated carbocycles. The van der Waals surface area contributed by atoms with Crippen LogP contribution in [0.2, 0.25) is 0 Å². The quantitative estimate of drug-likeness (QED) is 0.755. The van der Waals surface area contributed by atoms with Crippen LogP contribution in [0, 0.1) is 17.8 Å². The molecule has 0 saturated heterocycles. The average molecular weight is 284 g/mol. The minimum absolute atomic E-state index is 0.157. The Morgan fingerprint density at radius 2 is 1.80 bits per heavy atom. The highest BCUT2D eigenvalue weighted by Gasteiger charge is 2.44. The van der Waals surface area contributed by atoms with E-state index in [0.29, 0.717) is 12.8 Å². The summed E-state index contributed by atoms with van der Waals surface area (Å²) in [6.45, 7) is 5.43. The fraction of sp³-hybridized carbons (Fsp3) is 0.786. The van der Waals surface area contributed by atoms with Crippen molar-refractivity contribution in [3.05, 3.63) is 0 Å². The van der Waals surface area contributed by atoms with Gasteiger partial charge in [0.25, 0.3) is 0 Å². The van der Waals surface area contributed by atoms with Crippen LogP contribution in [-0.4, -0.2) is 40.4 Å². The molecule has 1 fully saturated rings. The van der Waals surface area contributed by atoms with Crippen molar-refractivity contribution in [2.45, 2.75) is 46.1 Å². The molecule has 3 unspecified atom stereocenters. The molecule has 0 heterocycles. The smallest absolute Gasteiger partial charge is 0.307 e. The van der Waals surface area contributed by atoms with Gasteiger partial charge in [0.15, 0.2) is 0 Å². The SMILES string of the molecule is CCC1CC(C(=O)O)C(C(=O)N(CC(N)=O)C(C)C)C1. The molecule has 1 aliphatic rings. The third-order valence-corrected chi connectivity index (χ3v) is 4.10. The maximum atomic E-state index is 12.6. The first-order chi connectivity index (χ1) is 9.27. The van der Waals surface area contributed by atoms with Gasteiger partial charge in [0, 0.05) is 6.04 Å². The second-order valence-electron chi connectivity index (χ2n) is 5.82. The van der Waals surface area contributed by atoms with Crippen molar-refractivity contribution >= 4 is 17.8 Å². The van der Waals surface area contributed by atoms with Gasteiger partial charge in [0.2, 0.25) is 11.8 Å². The van der Waals surface area contributed by atoms with Gasteiger partial charge in [-0.2, -0.15) is 0 Å². The Bertz CT molecular complexity index is 395. The Morgan fingerprint density at radius 3 is 2.20 bits per heavy atom. The summed E-state index contributed by atoms with van der Waals surface area (Å²) in [5, 5.41) is 9.29. The van der Waals surface area contributed by atoms with Gasteiger partial charge in [0.05, 0.1) is 18.4 Å². The first kappa shape index (κ1) is 16.5. The number of primary amides is 1. The highest BCUT2D eigenvalue weighted by atomic mass is 16.4. The average Bonchev–Trinajstić information content (AvgIpc) is 2.78. The largest absolute Gasteiger partial charge is 0.481 e. The number of carbonyl (C=O) groups is 3. The molecule has 0 aromatic rings. The predicted octanol–water partition coefficient (Wildman–Crippen LogP) is 0.846. The number of hydrogen-bond acceptors (Lipinski definition) is 3. The van der Waals surface area contributed by atoms with E-state index in [-0.39, 0.29) is 24.4 Å². The van der Waals surface area contributed by atoms with Crippen LogP contribution in [0.1, 0.15) is 40.0 Å². The molecule has 20 heavy (non-hydrogen) atoms. The third kappa shape index (κ3) is 3.71. The zero-order chi connectivity index (χ0) is 15.4. The molecule has 0 spiro atoms. The second-order valence-corrected chi connectivity index (χ2v) is 5.82. The molecule has 3 N–H and O–H groups in total. The summed E-state index contributed by atoms with van der Waals surface area (Å²) in [5.74, 6) is -2.71. The normalized spacial score (nSPS) is 25.7. The van der Waals surface area contributed by atoms with Gasteiger partial charge in [-0.05, 0) is 32.6 Å². The lowest BCUT2D eigenvalue weighted by molar-refractivity contribution is -0.150. The van der Waals surface area contributed by atoms with Crippen LogP contribution in [0.4, 0.5) is 0 Å². The minimum atomic E-state index is -0.929. The van der Waals surface area contributed by atoms with Gasteiger partial charge < -0.3 is 15.7 Å². The molecule has 2 amide bonds. The Balaban J connectivity index is 2.91. The van der Waals surface area contributed by atoms with E-state index in [1.54, 1.807) is 13.8 Å². The number of nitrogens with zero attached hydrogens (tertiary/aromatic N) is 1. The van der Waals surface area contributed by atoms with Crippen molar-refractivity contribution in [1.82, 2.24) is 4.90 Å². The maximum absolute atomic E-state index is 12.6. The van der Waals surface area contributed by atoms with Crippen LogP contribution in [0.3, 0.4) is 0 Å². The van der Waals surface area contributed by atoms with E-state index in [0.717, 1.165) is 6.42 Å². The molecular weight excluding hydrogens is 260 g/mol. The van der Waals surface area contributed by atoms with Crippen LogP contribution in [0.15, 0.2) is 0 Å². The first-order valence-corrected chi connectivity index (χ1v) is 7.09. The van der Waals surface area contributed by atoms with E-state index in [1.807, 2.05) is 6.92 Å². The van der Waals surface area contributed by atoms with E-state index in [4.69, 9.17) is 5.73 Å². The lowest BCUT2D eigenvalue weighted by Gasteiger charge is -2.29. The van der Waals surface area contributed by atoms with Gasteiger partial charge in [-0.15, -0.1) is 0 Å². The summed E-state index contributed by atoms with van der Waals surface area (Å²) in [6.07, 6.45) is 1.98. The monoisotopic (exact) mass is 284 g/mol. The van der Waals surface area contributed by atoms with Crippen molar-refractivity contribution in [1.29, 1.82) is 0 Å². The van der Waals surface area contributed by atoms with Gasteiger partial charge in [-0.3, -0.25) is 14.4 Å². The summed E-state index contributed by atoms with van der Waals surface area (Å²) >= 11 is 0. The molecule has 1 aliphatic carbocycles. The summed E-state index contributed by atoms with van der Waals surface area (Å²) in [5.41, 5.74) is 5.17. The van der Waals surface area contributed by atoms with Crippen LogP contribution in [-0.2, 0) is 14.4 Å². The topological polar surface area (TPSA) is 101 Å². The Labute approximate surface area is 119 Å². The lowest BCUT2D eigenvalue weighted by atomic mass is 9.94. The van der Waals surface area contributed by atoms with Crippen molar-refractivity contribution in [3.8, 4) is 0 Å². The molecule has 0 aromatic carbocycles. The van der Waals surface area contributed by atoms with E-state index in [1.165, 1.54) is 4.90 Å². The molecule has 1 rings (SSSR count). The standard InChI is InChI=1S/C14H24N2O4/c1-4-9-5-10(11(6-9)14(19)20)13(18)16(8(2)3)7-12(15)17/h8-11H,4-7H2,1-3H3,(H2,15,17)(H,19,20). The Kier molecular flexibility index (Phi) is 5.53. The van der Waals surface area contributed by atoms with Gasteiger partial charge in [-0.1, -0.05) is 13.3 Å². The zero-order valence-corrected chi connectivity index (χ0v) is 12.3. The van der Waals surface area contributed by atoms with Crippen LogP contribution >= 0.6 is 0 Å². The van der Waals surface area contributed by atoms with Crippen molar-refractivity contribution in [2.24, 2.45) is 23.5 Å². The second kappa shape index (κ2) is 6.72. The van der Waals surface area contributed by atoms with Crippen LogP contribution < -0.4 is 5.73 Å². The predicted molar refractivity (Wildman–Crippen MR) is 73.7 cm³/mol. The molecule has 0 aromatic heterocycles. The summed E-state index contributed by atoms with van der Waals surface area (Å²) in [4.78, 5) is 36.4. The van der Waals surface area contributed by atoms with Crippen molar-refractivity contribution in [2.75, 3.05) is 6.54 Å². The van der Waals surface area contributed by atoms with E-state index >= 15 is 0 Å². The highest BCUT2D eigenvalue weighted by molar-refractivity contribution is 5.88. The maximum Gasteiger partial charge on any atom is 0.307 e. The molecule has 0 bridgehead atoms. The molecule has 6 heteroatoms. The summed E-state index contributed by atoms with van der Waals surface area (Å²) < 4.78 is 0. The number of carboxylic acid groups (broad SMARTS) is 1. The molecule has 114 valence electrons. The van der Waals surface area contributed by atoms with Crippen LogP contribution in [0.25, 0.3) is 0 Å². The van der Waals surface area contributed by atoms with Crippen LogP contribution in [0.5, 0.6) is 0 Å². The van der Waals surface area contributed by atoms with E-state index in [2.05, 4.69) is 0 Å². The molecular formula is C14H24N2O4. The number of hydrogen-bond donors (Lipinski definition) is 2. The van der Waals surface area contributed by atoms with Crippen molar-refractivity contribution in [3.63, 3.8) is 0 Å². The fourth-order valence-corrected chi connectivity index (χ4v) is 2.92. The van der Waals surface area contributed by atoms with Gasteiger partial charge in [-0.25, -0.2) is 0 Å². The van der Waals surface area contributed by atoms with Crippen molar-refractivity contribution < 1.29 is 19.5 Å².